The fraction of sp³-hybridized carbons (Fsp3) is 0.393. The number of carboxylic acid groups (broad SMARTS) is 1. The van der Waals surface area contributed by atoms with Gasteiger partial charge in [-0.15, -0.1) is 0 Å². The molecule has 7 nitrogen and oxygen atoms in total. The second-order valence-corrected chi connectivity index (χ2v) is 9.59. The number of hydrogen-bond donors (Lipinski definition) is 3. The van der Waals surface area contributed by atoms with E-state index in [1.165, 1.54) is 11.1 Å². The lowest BCUT2D eigenvalue weighted by atomic mass is 9.98. The fourth-order valence-corrected chi connectivity index (χ4v) is 5.02. The highest BCUT2D eigenvalue weighted by molar-refractivity contribution is 5.85. The Balaban J connectivity index is 1.28. The number of carbonyl (C=O) groups excluding carboxylic acids is 2. The molecular weight excluding hydrogens is 444 g/mol. The van der Waals surface area contributed by atoms with Gasteiger partial charge in [-0.25, -0.2) is 9.59 Å². The van der Waals surface area contributed by atoms with Gasteiger partial charge in [-0.3, -0.25) is 4.79 Å². The number of aliphatic carboxylic acids is 1. The zero-order valence-electron chi connectivity index (χ0n) is 20.1. The molecule has 0 aliphatic heterocycles. The van der Waals surface area contributed by atoms with Crippen molar-refractivity contribution in [1.29, 1.82) is 0 Å². The van der Waals surface area contributed by atoms with Crippen molar-refractivity contribution in [3.8, 4) is 11.1 Å². The second-order valence-electron chi connectivity index (χ2n) is 9.59. The van der Waals surface area contributed by atoms with Gasteiger partial charge in [0.2, 0.25) is 5.91 Å². The van der Waals surface area contributed by atoms with E-state index in [1.807, 2.05) is 38.1 Å². The molecule has 0 bridgehead atoms. The maximum absolute atomic E-state index is 12.6. The minimum absolute atomic E-state index is 0.0102. The molecule has 3 N–H and O–H groups in total. The number of ether oxygens (including phenoxy) is 1. The smallest absolute Gasteiger partial charge is 0.407 e. The van der Waals surface area contributed by atoms with Crippen molar-refractivity contribution < 1.29 is 24.2 Å². The molecule has 184 valence electrons. The summed E-state index contributed by atoms with van der Waals surface area (Å²) >= 11 is 0. The van der Waals surface area contributed by atoms with Gasteiger partial charge in [0.1, 0.15) is 12.6 Å². The van der Waals surface area contributed by atoms with Crippen LogP contribution < -0.4 is 10.6 Å². The van der Waals surface area contributed by atoms with Crippen LogP contribution in [0.5, 0.6) is 0 Å². The molecule has 2 amide bonds. The minimum atomic E-state index is -1.05. The van der Waals surface area contributed by atoms with E-state index in [0.29, 0.717) is 19.3 Å². The van der Waals surface area contributed by atoms with Gasteiger partial charge in [0.15, 0.2) is 0 Å². The van der Waals surface area contributed by atoms with E-state index < -0.39 is 18.1 Å². The highest BCUT2D eigenvalue weighted by atomic mass is 16.5. The number of rotatable bonds is 8. The van der Waals surface area contributed by atoms with Crippen LogP contribution in [0.4, 0.5) is 4.79 Å². The lowest BCUT2D eigenvalue weighted by Gasteiger charge is -2.18. The van der Waals surface area contributed by atoms with Crippen molar-refractivity contribution in [2.45, 2.75) is 57.5 Å². The van der Waals surface area contributed by atoms with Crippen LogP contribution in [0.25, 0.3) is 11.1 Å². The summed E-state index contributed by atoms with van der Waals surface area (Å²) < 4.78 is 5.61. The van der Waals surface area contributed by atoms with Gasteiger partial charge in [0, 0.05) is 17.9 Å². The van der Waals surface area contributed by atoms with Crippen LogP contribution in [0.1, 0.15) is 56.6 Å². The van der Waals surface area contributed by atoms with Crippen molar-refractivity contribution in [3.63, 3.8) is 0 Å². The number of nitrogens with one attached hydrogen (secondary N) is 2. The summed E-state index contributed by atoms with van der Waals surface area (Å²) in [5.41, 5.74) is 5.65. The molecule has 4 rings (SSSR count). The van der Waals surface area contributed by atoms with Crippen molar-refractivity contribution >= 4 is 18.0 Å². The first-order chi connectivity index (χ1) is 16.8. The quantitative estimate of drug-likeness (QED) is 0.482. The molecule has 35 heavy (non-hydrogen) atoms. The summed E-state index contributed by atoms with van der Waals surface area (Å²) in [6.07, 6.45) is 3.26. The molecule has 7 heteroatoms. The van der Waals surface area contributed by atoms with E-state index in [0.717, 1.165) is 16.7 Å². The normalized spacial score (nSPS) is 19.3. The standard InChI is InChI=1S/C28H32N2O5/c1-17(2)11-14-25(27(32)33)30-26(31)18-12-13-19(15-18)29-28(34)35-16-24-22-9-5-3-7-20(22)21-8-4-6-10-23(21)24/h3-11,18-19,24-25H,12-16H2,1-2H3,(H,29,34)(H,30,31)(H,32,33)/t18-,19+,25?/m0/s1. The Morgan fingerprint density at radius 2 is 1.66 bits per heavy atom. The molecule has 0 radical (unpaired) electrons. The summed E-state index contributed by atoms with van der Waals surface area (Å²) in [5, 5.41) is 14.9. The lowest BCUT2D eigenvalue weighted by molar-refractivity contribution is -0.142. The lowest BCUT2D eigenvalue weighted by Crippen LogP contribution is -2.43. The van der Waals surface area contributed by atoms with Crippen molar-refractivity contribution in [3.05, 3.63) is 71.3 Å². The molecule has 0 spiro atoms. The van der Waals surface area contributed by atoms with Crippen LogP contribution in [-0.4, -0.2) is 41.8 Å². The van der Waals surface area contributed by atoms with E-state index in [4.69, 9.17) is 4.74 Å². The number of amides is 2. The predicted octanol–water partition coefficient (Wildman–Crippen LogP) is 4.62. The third kappa shape index (κ3) is 5.73. The number of allylic oxidation sites excluding steroid dienone is 1. The number of carboxylic acids is 1. The highest BCUT2D eigenvalue weighted by Crippen LogP contribution is 2.44. The average molecular weight is 477 g/mol. The number of carbonyl (C=O) groups is 3. The third-order valence-corrected chi connectivity index (χ3v) is 6.85. The molecule has 0 saturated heterocycles. The Morgan fingerprint density at radius 1 is 1.03 bits per heavy atom. The number of benzene rings is 2. The molecule has 1 unspecified atom stereocenters. The van der Waals surface area contributed by atoms with E-state index in [-0.39, 0.29) is 36.8 Å². The van der Waals surface area contributed by atoms with E-state index in [1.54, 1.807) is 6.08 Å². The van der Waals surface area contributed by atoms with E-state index in [9.17, 15) is 19.5 Å². The molecule has 1 saturated carbocycles. The first-order valence-electron chi connectivity index (χ1n) is 12.1. The maximum Gasteiger partial charge on any atom is 0.407 e. The summed E-state index contributed by atoms with van der Waals surface area (Å²) in [6.45, 7) is 4.01. The second kappa shape index (κ2) is 10.8. The van der Waals surface area contributed by atoms with Crippen LogP contribution in [-0.2, 0) is 14.3 Å². The van der Waals surface area contributed by atoms with Gasteiger partial charge in [0.05, 0.1) is 0 Å². The van der Waals surface area contributed by atoms with Gasteiger partial charge >= 0.3 is 12.1 Å². The number of hydrogen-bond acceptors (Lipinski definition) is 4. The van der Waals surface area contributed by atoms with E-state index >= 15 is 0 Å². The van der Waals surface area contributed by atoms with Crippen LogP contribution in [0.2, 0.25) is 0 Å². The average Bonchev–Trinajstić information content (AvgIpc) is 3.43. The largest absolute Gasteiger partial charge is 0.480 e. The molecule has 1 fully saturated rings. The molecule has 3 atom stereocenters. The Hall–Kier alpha value is -3.61. The summed E-state index contributed by atoms with van der Waals surface area (Å²) in [7, 11) is 0. The first kappa shape index (κ1) is 24.5. The van der Waals surface area contributed by atoms with E-state index in [2.05, 4.69) is 34.9 Å². The predicted molar refractivity (Wildman–Crippen MR) is 133 cm³/mol. The SMILES string of the molecule is CC(C)=CCC(NC(=O)[C@H]1CC[C@@H](NC(=O)OCC2c3ccccc3-c3ccccc32)C1)C(=O)O. The monoisotopic (exact) mass is 476 g/mol. The van der Waals surface area contributed by atoms with Gasteiger partial charge in [0.25, 0.3) is 0 Å². The third-order valence-electron chi connectivity index (χ3n) is 6.85. The number of fused-ring (bicyclic) bond motifs is 3. The zero-order valence-corrected chi connectivity index (χ0v) is 20.1. The molecule has 2 aliphatic carbocycles. The topological polar surface area (TPSA) is 105 Å². The fourth-order valence-electron chi connectivity index (χ4n) is 5.02. The van der Waals surface area contributed by atoms with Crippen LogP contribution in [0, 0.1) is 5.92 Å². The van der Waals surface area contributed by atoms with Crippen LogP contribution >= 0.6 is 0 Å². The maximum atomic E-state index is 12.6. The summed E-state index contributed by atoms with van der Waals surface area (Å²) in [4.78, 5) is 36.7. The van der Waals surface area contributed by atoms with Crippen molar-refractivity contribution in [2.24, 2.45) is 5.92 Å². The first-order valence-corrected chi connectivity index (χ1v) is 12.1. The van der Waals surface area contributed by atoms with Gasteiger partial charge in [-0.1, -0.05) is 60.2 Å². The van der Waals surface area contributed by atoms with Gasteiger partial charge in [-0.2, -0.15) is 0 Å². The van der Waals surface area contributed by atoms with Gasteiger partial charge < -0.3 is 20.5 Å². The molecule has 2 aliphatic rings. The summed E-state index contributed by atoms with van der Waals surface area (Å²) in [6, 6.07) is 15.2. The minimum Gasteiger partial charge on any atom is -0.480 e. The Kier molecular flexibility index (Phi) is 7.54. The number of alkyl carbamates (subject to hydrolysis) is 1. The Labute approximate surface area is 205 Å². The zero-order chi connectivity index (χ0) is 24.9. The molecule has 0 aromatic heterocycles. The van der Waals surface area contributed by atoms with Crippen molar-refractivity contribution in [1.82, 2.24) is 10.6 Å². The molecule has 0 heterocycles. The van der Waals surface area contributed by atoms with Crippen molar-refractivity contribution in [2.75, 3.05) is 6.61 Å². The highest BCUT2D eigenvalue weighted by Gasteiger charge is 2.34. The molecular formula is C28H32N2O5. The Bertz CT molecular complexity index is 1090. The molecule has 2 aromatic rings. The molecule has 2 aromatic carbocycles. The van der Waals surface area contributed by atoms with Crippen LogP contribution in [0.3, 0.4) is 0 Å². The summed E-state index contributed by atoms with van der Waals surface area (Å²) in [5.74, 6) is -1.68. The van der Waals surface area contributed by atoms with Gasteiger partial charge in [-0.05, 0) is 61.8 Å². The Morgan fingerprint density at radius 3 is 2.26 bits per heavy atom. The van der Waals surface area contributed by atoms with Crippen LogP contribution in [0.15, 0.2) is 60.2 Å².